The van der Waals surface area contributed by atoms with Crippen molar-refractivity contribution >= 4 is 27.3 Å². The Labute approximate surface area is 265 Å². The van der Waals surface area contributed by atoms with E-state index in [1.165, 1.54) is 33.2 Å². The molecule has 2 heterocycles. The van der Waals surface area contributed by atoms with Gasteiger partial charge in [0.2, 0.25) is 0 Å². The number of carbonyl (C=O) groups excluding carboxylic acids is 1. The van der Waals surface area contributed by atoms with E-state index in [1.807, 2.05) is 33.9 Å². The Morgan fingerprint density at radius 3 is 2.24 bits per heavy atom. The van der Waals surface area contributed by atoms with Crippen LogP contribution in [0.1, 0.15) is 104 Å². The van der Waals surface area contributed by atoms with Gasteiger partial charge in [0.05, 0.1) is 5.76 Å². The molecule has 0 atom stereocenters. The molecule has 0 unspecified atom stereocenters. The Morgan fingerprint density at radius 1 is 0.976 bits per heavy atom. The van der Waals surface area contributed by atoms with Crippen molar-refractivity contribution in [2.24, 2.45) is 11.8 Å². The van der Waals surface area contributed by atoms with E-state index < -0.39 is 0 Å². The van der Waals surface area contributed by atoms with Gasteiger partial charge in [-0.1, -0.05) is 90.4 Å². The van der Waals surface area contributed by atoms with Gasteiger partial charge in [-0.25, -0.2) is 0 Å². The predicted octanol–water partition coefficient (Wildman–Crippen LogP) is 9.88. The number of rotatable bonds is 8. The van der Waals surface area contributed by atoms with Gasteiger partial charge in [0.15, 0.2) is 5.78 Å². The van der Waals surface area contributed by atoms with Crippen LogP contribution in [0.5, 0.6) is 0 Å². The van der Waals surface area contributed by atoms with Gasteiger partial charge in [0.25, 0.3) is 0 Å². The van der Waals surface area contributed by atoms with Crippen molar-refractivity contribution in [3.05, 3.63) is 83.5 Å². The maximum Gasteiger partial charge on any atom is 0.162 e. The Bertz CT molecular complexity index is 1580. The van der Waals surface area contributed by atoms with Gasteiger partial charge in [0.1, 0.15) is 0 Å². The van der Waals surface area contributed by atoms with E-state index in [-0.39, 0.29) is 48.9 Å². The third kappa shape index (κ3) is 6.38. The minimum absolute atomic E-state index is 0. The summed E-state index contributed by atoms with van der Waals surface area (Å²) in [6.45, 7) is 17.1. The number of fused-ring (bicyclic) bond motifs is 4. The van der Waals surface area contributed by atoms with Crippen molar-refractivity contribution in [1.82, 2.24) is 9.97 Å². The van der Waals surface area contributed by atoms with Crippen LogP contribution in [0.4, 0.5) is 0 Å². The number of aliphatic hydroxyl groups is 1. The number of aromatic nitrogens is 2. The third-order valence-electron chi connectivity index (χ3n) is 8.74. The molecule has 0 fully saturated rings. The van der Waals surface area contributed by atoms with Crippen LogP contribution in [0.2, 0.25) is 0 Å². The summed E-state index contributed by atoms with van der Waals surface area (Å²) in [7, 11) is 0. The molecule has 4 aromatic rings. The fourth-order valence-corrected chi connectivity index (χ4v) is 6.10. The first-order valence-electron chi connectivity index (χ1n) is 15.3. The van der Waals surface area contributed by atoms with E-state index in [0.29, 0.717) is 5.92 Å². The van der Waals surface area contributed by atoms with Crippen molar-refractivity contribution < 1.29 is 30.0 Å². The molecule has 0 bridgehead atoms. The number of nitrogens with zero attached hydrogens (tertiary/aromatic N) is 2. The average molecular weight is 742 g/mol. The Morgan fingerprint density at radius 2 is 1.62 bits per heavy atom. The first-order chi connectivity index (χ1) is 19.6. The Kier molecular flexibility index (Phi) is 11.3. The molecule has 225 valence electrons. The van der Waals surface area contributed by atoms with Crippen LogP contribution in [0.3, 0.4) is 0 Å². The topological polar surface area (TPSA) is 63.1 Å². The molecule has 1 aliphatic carbocycles. The second kappa shape index (κ2) is 14.1. The quantitative estimate of drug-likeness (QED) is 0.111. The zero-order valence-corrected chi connectivity index (χ0v) is 28.7. The van der Waals surface area contributed by atoms with Gasteiger partial charge < -0.3 is 10.1 Å². The van der Waals surface area contributed by atoms with E-state index in [4.69, 9.17) is 9.97 Å². The van der Waals surface area contributed by atoms with Gasteiger partial charge in [-0.3, -0.25) is 9.78 Å². The summed E-state index contributed by atoms with van der Waals surface area (Å²) >= 11 is 0. The van der Waals surface area contributed by atoms with Crippen LogP contribution in [0, 0.1) is 17.9 Å². The summed E-state index contributed by atoms with van der Waals surface area (Å²) in [4.78, 5) is 21.6. The van der Waals surface area contributed by atoms with Gasteiger partial charge in [-0.05, 0) is 65.6 Å². The molecule has 0 amide bonds. The third-order valence-corrected chi connectivity index (χ3v) is 8.74. The number of aliphatic hydroxyl groups excluding tert-OH is 1. The zero-order valence-electron chi connectivity index (χ0n) is 26.3. The molecule has 1 aliphatic rings. The van der Waals surface area contributed by atoms with Gasteiger partial charge >= 0.3 is 0 Å². The smallest absolute Gasteiger partial charge is 0.162 e. The number of ketones is 1. The number of benzene rings is 2. The van der Waals surface area contributed by atoms with Crippen molar-refractivity contribution in [2.45, 2.75) is 92.4 Å². The zero-order chi connectivity index (χ0) is 29.9. The summed E-state index contributed by atoms with van der Waals surface area (Å²) in [5.41, 5.74) is 5.50. The van der Waals surface area contributed by atoms with E-state index in [1.54, 1.807) is 0 Å². The molecule has 1 N–H and O–H groups in total. The van der Waals surface area contributed by atoms with Gasteiger partial charge in [-0.2, -0.15) is 0 Å². The van der Waals surface area contributed by atoms with Crippen LogP contribution in [0.15, 0.2) is 60.5 Å². The summed E-state index contributed by atoms with van der Waals surface area (Å²) in [6, 6.07) is 18.5. The number of hydrogen-bond acceptors (Lipinski definition) is 4. The van der Waals surface area contributed by atoms with Crippen molar-refractivity contribution in [1.29, 1.82) is 0 Å². The maximum atomic E-state index is 11.7. The molecule has 0 aliphatic heterocycles. The van der Waals surface area contributed by atoms with Gasteiger partial charge in [-0.15, -0.1) is 23.3 Å². The molecule has 0 spiro atoms. The molecule has 2 aromatic carbocycles. The van der Waals surface area contributed by atoms with E-state index >= 15 is 0 Å². The maximum absolute atomic E-state index is 11.7. The molecule has 2 aromatic heterocycles. The molecule has 1 radical (unpaired) electrons. The molecule has 0 saturated heterocycles. The normalized spacial score (nSPS) is 13.6. The Hall–Kier alpha value is -2.88. The second-order valence-electron chi connectivity index (χ2n) is 12.1. The van der Waals surface area contributed by atoms with Crippen LogP contribution in [-0.4, -0.2) is 20.9 Å². The SMILES string of the molecule is CC(C)c1cc2ccnc3c2c(n1)C(C)(C)c1c-3[c-]cc2ccccc12.CCC(CC)C(=O)/C=C(\O)C(CC)CC.[Ir]. The van der Waals surface area contributed by atoms with Gasteiger partial charge in [0, 0.05) is 55.6 Å². The summed E-state index contributed by atoms with van der Waals surface area (Å²) in [5.74, 6) is 0.940. The van der Waals surface area contributed by atoms with Crippen molar-refractivity contribution in [3.8, 4) is 11.3 Å². The predicted molar refractivity (Wildman–Crippen MR) is 171 cm³/mol. The molecular formula is C37H45IrN2O2-. The fraction of sp³-hybridized carbons (Fsp3) is 0.432. The monoisotopic (exact) mass is 742 g/mol. The average Bonchev–Trinajstić information content (AvgIpc) is 2.96. The molecule has 42 heavy (non-hydrogen) atoms. The Balaban J connectivity index is 0.000000263. The van der Waals surface area contributed by atoms with E-state index in [0.717, 1.165) is 48.3 Å². The molecule has 0 saturated carbocycles. The fourth-order valence-electron chi connectivity index (χ4n) is 6.10. The van der Waals surface area contributed by atoms with Crippen LogP contribution >= 0.6 is 0 Å². The molecular weight excluding hydrogens is 697 g/mol. The van der Waals surface area contributed by atoms with Crippen molar-refractivity contribution in [2.75, 3.05) is 0 Å². The van der Waals surface area contributed by atoms with Crippen LogP contribution < -0.4 is 0 Å². The van der Waals surface area contributed by atoms with E-state index in [9.17, 15) is 9.90 Å². The summed E-state index contributed by atoms with van der Waals surface area (Å²) in [6.07, 6.45) is 6.82. The van der Waals surface area contributed by atoms with Crippen LogP contribution in [0.25, 0.3) is 32.8 Å². The number of carbonyl (C=O) groups is 1. The van der Waals surface area contributed by atoms with E-state index in [2.05, 4.69) is 76.2 Å². The van der Waals surface area contributed by atoms with Crippen molar-refractivity contribution in [3.63, 3.8) is 0 Å². The standard InChI is InChI=1S/C24H21N2.C13H24O2.Ir/c1-14(2)19-13-16-11-12-25-22-18-10-9-15-7-5-6-8-17(15)21(18)24(3,4)23(26-19)20(16)22;1-5-10(6-2)12(14)9-13(15)11(7-3)8-4;/h5-9,11-14H,1-4H3;9-11,14H,5-8H2,1-4H3;/q-1;;/b;12-9-;. The van der Waals surface area contributed by atoms with Crippen LogP contribution in [-0.2, 0) is 30.3 Å². The second-order valence-corrected chi connectivity index (χ2v) is 12.1. The largest absolute Gasteiger partial charge is 0.512 e. The molecule has 4 nitrogen and oxygen atoms in total. The number of allylic oxidation sites excluding steroid dienone is 2. The summed E-state index contributed by atoms with van der Waals surface area (Å²) in [5, 5.41) is 14.7. The minimum atomic E-state index is -0.203. The molecule has 5 rings (SSSR count). The number of hydrogen-bond donors (Lipinski definition) is 1. The first-order valence-corrected chi connectivity index (χ1v) is 15.3. The minimum Gasteiger partial charge on any atom is -0.512 e. The number of pyridine rings is 2. The molecule has 5 heteroatoms. The summed E-state index contributed by atoms with van der Waals surface area (Å²) < 4.78 is 0. The first kappa shape index (κ1) is 33.6.